The molecule has 1 saturated carbocycles. The molecule has 0 spiro atoms. The Morgan fingerprint density at radius 1 is 1.20 bits per heavy atom. The monoisotopic (exact) mass is 321 g/mol. The molecule has 10 heteroatoms. The Balaban J connectivity index is 2.58. The van der Waals surface area contributed by atoms with E-state index in [9.17, 15) is 27.6 Å². The smallest absolute Gasteiger partial charge is 0.446 e. The van der Waals surface area contributed by atoms with E-state index in [-0.39, 0.29) is 12.5 Å². The van der Waals surface area contributed by atoms with E-state index in [0.29, 0.717) is 12.8 Å². The van der Waals surface area contributed by atoms with Crippen molar-refractivity contribution in [2.24, 2.45) is 5.92 Å². The van der Waals surface area contributed by atoms with E-state index < -0.39 is 29.2 Å². The number of hydrogen-bond acceptors (Lipinski definition) is 6. The third kappa shape index (κ3) is 4.47. The highest BCUT2D eigenvalue weighted by atomic mass is 32.2. The fourth-order valence-electron chi connectivity index (χ4n) is 1.90. The Kier molecular flexibility index (Phi) is 6.49. The van der Waals surface area contributed by atoms with Gasteiger partial charge in [-0.25, -0.2) is 9.18 Å². The molecule has 118 valence electrons. The van der Waals surface area contributed by atoms with E-state index in [2.05, 4.69) is 14.1 Å². The molecule has 0 heterocycles. The average Bonchev–Trinajstić information content (AvgIpc) is 2.42. The fourth-order valence-corrected chi connectivity index (χ4v) is 2.24. The first-order valence-corrected chi connectivity index (χ1v) is 6.62. The Labute approximate surface area is 116 Å². The zero-order valence-electron chi connectivity index (χ0n) is 10.3. The molecule has 0 radical (unpaired) electrons. The number of rotatable bonds is 6. The van der Waals surface area contributed by atoms with Gasteiger partial charge >= 0.3 is 17.1 Å². The molecule has 5 nitrogen and oxygen atoms in total. The van der Waals surface area contributed by atoms with Crippen molar-refractivity contribution in [2.75, 3.05) is 6.61 Å². The average molecular weight is 321 g/mol. The molecule has 1 rings (SSSR count). The first-order chi connectivity index (χ1) is 9.31. The first kappa shape index (κ1) is 17.5. The number of alkyl halides is 4. The van der Waals surface area contributed by atoms with Gasteiger partial charge in [-0.3, -0.25) is 5.04 Å². The van der Waals surface area contributed by atoms with Crippen molar-refractivity contribution in [3.63, 3.8) is 0 Å². The second kappa shape index (κ2) is 7.43. The minimum atomic E-state index is -5.60. The van der Waals surface area contributed by atoms with Crippen LogP contribution in [0.5, 0.6) is 0 Å². The van der Waals surface area contributed by atoms with Gasteiger partial charge in [0.15, 0.2) is 0 Å². The zero-order chi connectivity index (χ0) is 15.2. The molecule has 1 aliphatic carbocycles. The summed E-state index contributed by atoms with van der Waals surface area (Å²) in [4.78, 5) is 11.3. The summed E-state index contributed by atoms with van der Waals surface area (Å²) in [6.45, 7) is -0.292. The lowest BCUT2D eigenvalue weighted by Crippen LogP contribution is -2.47. The van der Waals surface area contributed by atoms with Crippen LogP contribution < -0.4 is 5.26 Å². The molecule has 0 aromatic rings. The van der Waals surface area contributed by atoms with Crippen LogP contribution in [0.15, 0.2) is 0 Å². The molecule has 0 aliphatic heterocycles. The van der Waals surface area contributed by atoms with E-state index in [1.807, 2.05) is 0 Å². The summed E-state index contributed by atoms with van der Waals surface area (Å²) in [5.41, 5.74) is 0. The van der Waals surface area contributed by atoms with Gasteiger partial charge in [-0.2, -0.15) is 17.5 Å². The molecule has 1 fully saturated rings. The second-order valence-corrected chi connectivity index (χ2v) is 5.28. The third-order valence-corrected chi connectivity index (χ3v) is 3.73. The summed E-state index contributed by atoms with van der Waals surface area (Å²) in [6, 6.07) is 0. The number of carbonyl (C=O) groups excluding carboxylic acids is 1. The molecule has 0 aromatic carbocycles. The van der Waals surface area contributed by atoms with Crippen LogP contribution in [0.3, 0.4) is 0 Å². The molecule has 0 bridgehead atoms. The van der Waals surface area contributed by atoms with E-state index in [1.54, 1.807) is 0 Å². The largest absolute Gasteiger partial charge is 0.691 e. The minimum absolute atomic E-state index is 0.0770. The molecule has 0 amide bonds. The Morgan fingerprint density at radius 3 is 2.30 bits per heavy atom. The fraction of sp³-hybridized carbons (Fsp3) is 0.900. The molecule has 0 aromatic heterocycles. The first-order valence-electron chi connectivity index (χ1n) is 5.88. The maximum atomic E-state index is 13.7. The summed E-state index contributed by atoms with van der Waals surface area (Å²) in [5, 5.41) is 7.65. The minimum Gasteiger partial charge on any atom is -0.691 e. The van der Waals surface area contributed by atoms with Gasteiger partial charge in [0, 0.05) is 0 Å². The van der Waals surface area contributed by atoms with Crippen molar-refractivity contribution >= 4 is 18.0 Å². The summed E-state index contributed by atoms with van der Waals surface area (Å²) in [5.74, 6) is -2.23. The van der Waals surface area contributed by atoms with Gasteiger partial charge in [0.05, 0.1) is 18.6 Å². The number of esters is 1. The Bertz CT molecular complexity index is 321. The van der Waals surface area contributed by atoms with Crippen LogP contribution >= 0.6 is 12.0 Å². The Morgan fingerprint density at radius 2 is 1.80 bits per heavy atom. The predicted molar refractivity (Wildman–Crippen MR) is 57.2 cm³/mol. The van der Waals surface area contributed by atoms with Gasteiger partial charge in [-0.15, -0.1) is 0 Å². The summed E-state index contributed by atoms with van der Waals surface area (Å²) < 4.78 is 58.9. The molecular formula is C10H13F4O5S-. The molecule has 0 N–H and O–H groups in total. The maximum absolute atomic E-state index is 13.7. The molecule has 1 atom stereocenters. The van der Waals surface area contributed by atoms with Gasteiger partial charge in [0.2, 0.25) is 0 Å². The van der Waals surface area contributed by atoms with E-state index in [1.165, 1.54) is 0 Å². The standard InChI is InChI=1S/C10H14F4O5S/c11-9(10(12,13)14,20-19-18-16)8(15)17-6-7-4-2-1-3-5-7/h7,16H,1-6H2/p-1. The van der Waals surface area contributed by atoms with Crippen LogP contribution in [0.25, 0.3) is 0 Å². The molecule has 20 heavy (non-hydrogen) atoms. The van der Waals surface area contributed by atoms with Crippen LogP contribution in [0, 0.1) is 5.92 Å². The maximum Gasteiger partial charge on any atom is 0.446 e. The number of hydrogen-bond donors (Lipinski definition) is 0. The Hall–Kier alpha value is -0.580. The highest BCUT2D eigenvalue weighted by Gasteiger charge is 2.65. The van der Waals surface area contributed by atoms with Crippen molar-refractivity contribution in [2.45, 2.75) is 43.3 Å². The second-order valence-electron chi connectivity index (χ2n) is 4.41. The van der Waals surface area contributed by atoms with Crippen molar-refractivity contribution in [3.8, 4) is 0 Å². The van der Waals surface area contributed by atoms with Gasteiger partial charge in [-0.05, 0) is 18.8 Å². The van der Waals surface area contributed by atoms with E-state index in [0.717, 1.165) is 19.3 Å². The van der Waals surface area contributed by atoms with Crippen LogP contribution in [0.2, 0.25) is 0 Å². The molecule has 0 saturated heterocycles. The normalized spacial score (nSPS) is 20.4. The van der Waals surface area contributed by atoms with E-state index in [4.69, 9.17) is 0 Å². The molecule has 1 aliphatic rings. The van der Waals surface area contributed by atoms with Crippen molar-refractivity contribution in [1.29, 1.82) is 0 Å². The van der Waals surface area contributed by atoms with Crippen molar-refractivity contribution < 1.29 is 41.7 Å². The van der Waals surface area contributed by atoms with Gasteiger partial charge in [-0.1, -0.05) is 19.3 Å². The predicted octanol–water partition coefficient (Wildman–Crippen LogP) is 2.21. The lowest BCUT2D eigenvalue weighted by Gasteiger charge is -2.26. The topological polar surface area (TPSA) is 67.8 Å². The van der Waals surface area contributed by atoms with Gasteiger partial charge < -0.3 is 9.99 Å². The lowest BCUT2D eigenvalue weighted by molar-refractivity contribution is -0.777. The van der Waals surface area contributed by atoms with Crippen LogP contribution in [-0.4, -0.2) is 23.8 Å². The van der Waals surface area contributed by atoms with Gasteiger partial charge in [0.1, 0.15) is 0 Å². The van der Waals surface area contributed by atoms with Gasteiger partial charge in [0.25, 0.3) is 0 Å². The van der Waals surface area contributed by atoms with E-state index >= 15 is 0 Å². The lowest BCUT2D eigenvalue weighted by atomic mass is 9.90. The highest BCUT2D eigenvalue weighted by molar-refractivity contribution is 7.96. The molecule has 1 unspecified atom stereocenters. The zero-order valence-corrected chi connectivity index (χ0v) is 11.1. The summed E-state index contributed by atoms with van der Waals surface area (Å²) in [7, 11) is 0. The van der Waals surface area contributed by atoms with Crippen LogP contribution in [-0.2, 0) is 18.9 Å². The quantitative estimate of drug-likeness (QED) is 0.246. The van der Waals surface area contributed by atoms with Crippen LogP contribution in [0.1, 0.15) is 32.1 Å². The summed E-state index contributed by atoms with van der Waals surface area (Å²) >= 11 is -1.08. The number of ether oxygens (including phenoxy) is 1. The SMILES string of the molecule is O=C(OCC1CCCCC1)C(F)(SOO[O-])C(F)(F)F. The number of halogens is 4. The van der Waals surface area contributed by atoms with Crippen LogP contribution in [0.4, 0.5) is 17.6 Å². The summed E-state index contributed by atoms with van der Waals surface area (Å²) in [6.07, 6.45) is -1.36. The highest BCUT2D eigenvalue weighted by Crippen LogP contribution is 2.44. The van der Waals surface area contributed by atoms with Crippen molar-refractivity contribution in [3.05, 3.63) is 0 Å². The third-order valence-electron chi connectivity index (χ3n) is 2.98. The molecular weight excluding hydrogens is 308 g/mol. The van der Waals surface area contributed by atoms with Crippen molar-refractivity contribution in [1.82, 2.24) is 0 Å². The number of carbonyl (C=O) groups is 1.